The second kappa shape index (κ2) is 6.32. The van der Waals surface area contributed by atoms with Gasteiger partial charge in [0.15, 0.2) is 0 Å². The number of thiophene rings is 1. The Bertz CT molecular complexity index is 1150. The summed E-state index contributed by atoms with van der Waals surface area (Å²) in [6.07, 6.45) is 1.91. The molecular weight excluding hydrogens is 340 g/mol. The predicted molar refractivity (Wildman–Crippen MR) is 107 cm³/mol. The molecule has 0 saturated heterocycles. The molecule has 0 atom stereocenters. The molecule has 5 heteroatoms. The van der Waals surface area contributed by atoms with Gasteiger partial charge >= 0.3 is 0 Å². The summed E-state index contributed by atoms with van der Waals surface area (Å²) in [6, 6.07) is 12.2. The number of imidazole rings is 1. The van der Waals surface area contributed by atoms with Crippen molar-refractivity contribution in [2.45, 2.75) is 20.8 Å². The number of benzene rings is 1. The van der Waals surface area contributed by atoms with Crippen LogP contribution in [0.2, 0.25) is 0 Å². The highest BCUT2D eigenvalue weighted by Crippen LogP contribution is 2.28. The number of nitrogens with zero attached hydrogens (tertiary/aromatic N) is 3. The summed E-state index contributed by atoms with van der Waals surface area (Å²) in [5, 5.41) is 14.0. The van der Waals surface area contributed by atoms with Crippen LogP contribution in [0.4, 0.5) is 0 Å². The Morgan fingerprint density at radius 2 is 2.04 bits per heavy atom. The Hall–Kier alpha value is -3.10. The van der Waals surface area contributed by atoms with Gasteiger partial charge in [0.05, 0.1) is 22.3 Å². The van der Waals surface area contributed by atoms with Gasteiger partial charge in [0.25, 0.3) is 0 Å². The molecule has 4 rings (SSSR count). The fraction of sp³-hybridized carbons (Fsp3) is 0.143. The van der Waals surface area contributed by atoms with Gasteiger partial charge in [-0.15, -0.1) is 11.3 Å². The molecule has 0 radical (unpaired) electrons. The molecule has 1 aromatic carbocycles. The highest BCUT2D eigenvalue weighted by molar-refractivity contribution is 7.08. The Kier molecular flexibility index (Phi) is 3.98. The van der Waals surface area contributed by atoms with Crippen molar-refractivity contribution in [1.29, 1.82) is 5.26 Å². The fourth-order valence-electron chi connectivity index (χ4n) is 3.28. The molecule has 3 aromatic heterocycles. The Morgan fingerprint density at radius 3 is 2.73 bits per heavy atom. The first-order valence-corrected chi connectivity index (χ1v) is 9.32. The third-order valence-corrected chi connectivity index (χ3v) is 5.45. The Labute approximate surface area is 156 Å². The van der Waals surface area contributed by atoms with Crippen molar-refractivity contribution < 1.29 is 0 Å². The van der Waals surface area contributed by atoms with E-state index >= 15 is 0 Å². The lowest BCUT2D eigenvalue weighted by Gasteiger charge is -2.08. The zero-order chi connectivity index (χ0) is 18.3. The molecule has 0 amide bonds. The standard InChI is InChI=1S/C21H18N4S/c1-13-11-26-12-20(13)25-14(2)8-16(15(25)3)9-17(10-22)21-23-18-6-4-5-7-19(18)24-21/h4-9,11-12H,1-3H3,(H,23,24)/b17-9+. The highest BCUT2D eigenvalue weighted by Gasteiger charge is 2.14. The first kappa shape index (κ1) is 16.4. The first-order chi connectivity index (χ1) is 12.6. The van der Waals surface area contributed by atoms with E-state index in [1.807, 2.05) is 30.3 Å². The van der Waals surface area contributed by atoms with Gasteiger partial charge in [-0.2, -0.15) is 5.26 Å². The largest absolute Gasteiger partial charge is 0.337 e. The van der Waals surface area contributed by atoms with Crippen LogP contribution in [0.1, 0.15) is 28.3 Å². The lowest BCUT2D eigenvalue weighted by molar-refractivity contribution is 0.961. The van der Waals surface area contributed by atoms with Gasteiger partial charge in [-0.25, -0.2) is 4.98 Å². The molecule has 0 saturated carbocycles. The average molecular weight is 358 g/mol. The van der Waals surface area contributed by atoms with Crippen LogP contribution in [0, 0.1) is 32.1 Å². The van der Waals surface area contributed by atoms with Crippen LogP contribution in [0.3, 0.4) is 0 Å². The van der Waals surface area contributed by atoms with Crippen LogP contribution in [-0.4, -0.2) is 14.5 Å². The summed E-state index contributed by atoms with van der Waals surface area (Å²) in [5.41, 5.74) is 8.08. The van der Waals surface area contributed by atoms with Crippen LogP contribution in [-0.2, 0) is 0 Å². The number of nitrogens with one attached hydrogen (secondary N) is 1. The van der Waals surface area contributed by atoms with Crippen LogP contribution in [0.15, 0.2) is 41.1 Å². The summed E-state index contributed by atoms with van der Waals surface area (Å²) in [6.45, 7) is 6.30. The van der Waals surface area contributed by atoms with Gasteiger partial charge in [-0.3, -0.25) is 0 Å². The minimum atomic E-state index is 0.531. The molecular formula is C21H18N4S. The normalized spacial score (nSPS) is 11.8. The third kappa shape index (κ3) is 2.65. The number of hydrogen-bond donors (Lipinski definition) is 1. The maximum Gasteiger partial charge on any atom is 0.149 e. The monoisotopic (exact) mass is 358 g/mol. The lowest BCUT2D eigenvalue weighted by atomic mass is 10.1. The number of aromatic nitrogens is 3. The molecule has 0 aliphatic heterocycles. The Morgan fingerprint density at radius 1 is 1.23 bits per heavy atom. The minimum Gasteiger partial charge on any atom is -0.337 e. The molecule has 0 spiro atoms. The Balaban J connectivity index is 1.82. The molecule has 0 unspecified atom stereocenters. The maximum atomic E-state index is 9.68. The number of H-pyrrole nitrogens is 1. The number of aromatic amines is 1. The summed E-state index contributed by atoms with van der Waals surface area (Å²) >= 11 is 1.70. The summed E-state index contributed by atoms with van der Waals surface area (Å²) in [7, 11) is 0. The second-order valence-electron chi connectivity index (χ2n) is 6.37. The molecule has 0 fully saturated rings. The van der Waals surface area contributed by atoms with E-state index in [0.717, 1.165) is 28.0 Å². The maximum absolute atomic E-state index is 9.68. The predicted octanol–water partition coefficient (Wildman–Crippen LogP) is 5.40. The molecule has 0 aliphatic rings. The van der Waals surface area contributed by atoms with Gasteiger partial charge in [0, 0.05) is 16.8 Å². The van der Waals surface area contributed by atoms with Crippen molar-refractivity contribution in [1.82, 2.24) is 14.5 Å². The quantitative estimate of drug-likeness (QED) is 0.498. The van der Waals surface area contributed by atoms with Crippen molar-refractivity contribution in [2.75, 3.05) is 0 Å². The smallest absolute Gasteiger partial charge is 0.149 e. The molecule has 0 bridgehead atoms. The van der Waals surface area contributed by atoms with E-state index in [-0.39, 0.29) is 0 Å². The van der Waals surface area contributed by atoms with Crippen LogP contribution in [0.25, 0.3) is 28.4 Å². The zero-order valence-corrected chi connectivity index (χ0v) is 15.7. The van der Waals surface area contributed by atoms with E-state index in [9.17, 15) is 5.26 Å². The molecule has 4 nitrogen and oxygen atoms in total. The summed E-state index contributed by atoms with van der Waals surface area (Å²) < 4.78 is 2.24. The topological polar surface area (TPSA) is 57.4 Å². The van der Waals surface area contributed by atoms with E-state index in [1.54, 1.807) is 11.3 Å². The number of rotatable bonds is 3. The van der Waals surface area contributed by atoms with Crippen LogP contribution < -0.4 is 0 Å². The second-order valence-corrected chi connectivity index (χ2v) is 7.12. The third-order valence-electron chi connectivity index (χ3n) is 4.60. The lowest BCUT2D eigenvalue weighted by Crippen LogP contribution is -1.99. The first-order valence-electron chi connectivity index (χ1n) is 8.37. The van der Waals surface area contributed by atoms with Crippen LogP contribution in [0.5, 0.6) is 0 Å². The van der Waals surface area contributed by atoms with Gasteiger partial charge in [-0.1, -0.05) is 12.1 Å². The number of aryl methyl sites for hydroxylation is 2. The SMILES string of the molecule is Cc1cscc1-n1c(C)cc(/C=C(\C#N)c2nc3ccccc3[nH]2)c1C. The molecule has 3 heterocycles. The van der Waals surface area contributed by atoms with E-state index < -0.39 is 0 Å². The molecule has 4 aromatic rings. The van der Waals surface area contributed by atoms with E-state index in [4.69, 9.17) is 0 Å². The average Bonchev–Trinajstić information content (AvgIpc) is 3.31. The van der Waals surface area contributed by atoms with E-state index in [0.29, 0.717) is 11.4 Å². The van der Waals surface area contributed by atoms with Gasteiger partial charge in [-0.05, 0) is 61.6 Å². The molecule has 1 N–H and O–H groups in total. The van der Waals surface area contributed by atoms with E-state index in [2.05, 4.69) is 58.2 Å². The number of allylic oxidation sites excluding steroid dienone is 1. The molecule has 0 aliphatic carbocycles. The van der Waals surface area contributed by atoms with Crippen LogP contribution >= 0.6 is 11.3 Å². The summed E-state index contributed by atoms with van der Waals surface area (Å²) in [4.78, 5) is 7.79. The van der Waals surface area contributed by atoms with Crippen molar-refractivity contribution in [3.8, 4) is 11.8 Å². The molecule has 128 valence electrons. The van der Waals surface area contributed by atoms with E-state index in [1.165, 1.54) is 11.3 Å². The van der Waals surface area contributed by atoms with Crippen molar-refractivity contribution >= 4 is 34.0 Å². The number of nitriles is 1. The minimum absolute atomic E-state index is 0.531. The van der Waals surface area contributed by atoms with Crippen molar-refractivity contribution in [3.05, 3.63) is 69.4 Å². The number of para-hydroxylation sites is 2. The van der Waals surface area contributed by atoms with Crippen molar-refractivity contribution in [2.24, 2.45) is 0 Å². The van der Waals surface area contributed by atoms with Gasteiger partial charge < -0.3 is 9.55 Å². The summed E-state index contributed by atoms with van der Waals surface area (Å²) in [5.74, 6) is 0.602. The highest BCUT2D eigenvalue weighted by atomic mass is 32.1. The zero-order valence-electron chi connectivity index (χ0n) is 14.9. The number of fused-ring (bicyclic) bond motifs is 1. The fourth-order valence-corrected chi connectivity index (χ4v) is 4.09. The molecule has 26 heavy (non-hydrogen) atoms. The van der Waals surface area contributed by atoms with Gasteiger partial charge in [0.1, 0.15) is 11.9 Å². The number of hydrogen-bond acceptors (Lipinski definition) is 3. The van der Waals surface area contributed by atoms with Crippen molar-refractivity contribution in [3.63, 3.8) is 0 Å². The van der Waals surface area contributed by atoms with Gasteiger partial charge in [0.2, 0.25) is 0 Å².